The molecular weight excluding hydrogens is 288 g/mol. The van der Waals surface area contributed by atoms with E-state index in [-0.39, 0.29) is 5.91 Å². The summed E-state index contributed by atoms with van der Waals surface area (Å²) in [5.74, 6) is 1.26. The molecular formula is C11H13BrN2OS. The lowest BCUT2D eigenvalue weighted by molar-refractivity contribution is -0.117. The second-order valence-electron chi connectivity index (χ2n) is 4.08. The Bertz CT molecular complexity index is 424. The number of rotatable bonds is 2. The van der Waals surface area contributed by atoms with Crippen LogP contribution in [0.25, 0.3) is 0 Å². The molecule has 1 amide bonds. The Labute approximate surface area is 109 Å². The van der Waals surface area contributed by atoms with Crippen molar-refractivity contribution in [2.45, 2.75) is 13.3 Å². The first-order valence-electron chi connectivity index (χ1n) is 5.15. The van der Waals surface area contributed by atoms with Gasteiger partial charge in [0.05, 0.1) is 5.69 Å². The molecule has 1 aliphatic rings. The number of thiol groups is 1. The minimum atomic E-state index is 0.159. The SMILES string of the molecule is Cc1cnc(Br)c(N2CC(CS)CC2=O)c1. The number of halogens is 1. The smallest absolute Gasteiger partial charge is 0.227 e. The summed E-state index contributed by atoms with van der Waals surface area (Å²) < 4.78 is 0.728. The number of nitrogens with zero attached hydrogens (tertiary/aromatic N) is 2. The average Bonchev–Trinajstić information content (AvgIpc) is 2.63. The Hall–Kier alpha value is -0.550. The van der Waals surface area contributed by atoms with Gasteiger partial charge in [-0.15, -0.1) is 0 Å². The first kappa shape index (κ1) is 11.9. The third-order valence-electron chi connectivity index (χ3n) is 2.71. The molecule has 1 atom stereocenters. The van der Waals surface area contributed by atoms with Crippen LogP contribution < -0.4 is 4.90 Å². The van der Waals surface area contributed by atoms with Crippen molar-refractivity contribution in [1.82, 2.24) is 4.98 Å². The Balaban J connectivity index is 2.30. The molecule has 0 aromatic carbocycles. The second-order valence-corrected chi connectivity index (χ2v) is 5.20. The Kier molecular flexibility index (Phi) is 3.54. The lowest BCUT2D eigenvalue weighted by Crippen LogP contribution is -2.25. The van der Waals surface area contributed by atoms with Gasteiger partial charge < -0.3 is 4.90 Å². The van der Waals surface area contributed by atoms with E-state index in [1.807, 2.05) is 13.0 Å². The molecule has 0 spiro atoms. The molecule has 5 heteroatoms. The maximum atomic E-state index is 11.9. The number of hydrogen-bond donors (Lipinski definition) is 1. The van der Waals surface area contributed by atoms with Crippen LogP contribution >= 0.6 is 28.6 Å². The highest BCUT2D eigenvalue weighted by Gasteiger charge is 2.30. The lowest BCUT2D eigenvalue weighted by atomic mass is 10.1. The minimum Gasteiger partial charge on any atom is -0.310 e. The van der Waals surface area contributed by atoms with Crippen molar-refractivity contribution in [1.29, 1.82) is 0 Å². The molecule has 0 N–H and O–H groups in total. The van der Waals surface area contributed by atoms with Crippen molar-refractivity contribution in [3.05, 3.63) is 22.4 Å². The van der Waals surface area contributed by atoms with Crippen LogP contribution in [0.2, 0.25) is 0 Å². The summed E-state index contributed by atoms with van der Waals surface area (Å²) in [4.78, 5) is 17.9. The zero-order valence-corrected chi connectivity index (χ0v) is 11.5. The van der Waals surface area contributed by atoms with Gasteiger partial charge >= 0.3 is 0 Å². The summed E-state index contributed by atoms with van der Waals surface area (Å²) in [6.45, 7) is 2.71. The van der Waals surface area contributed by atoms with Gasteiger partial charge in [-0.1, -0.05) is 0 Å². The summed E-state index contributed by atoms with van der Waals surface area (Å²) in [6.07, 6.45) is 2.37. The van der Waals surface area contributed by atoms with E-state index >= 15 is 0 Å². The van der Waals surface area contributed by atoms with Crippen LogP contribution in [-0.4, -0.2) is 23.2 Å². The van der Waals surface area contributed by atoms with Gasteiger partial charge in [0.2, 0.25) is 5.91 Å². The summed E-state index contributed by atoms with van der Waals surface area (Å²) in [6, 6.07) is 1.98. The van der Waals surface area contributed by atoms with E-state index in [1.54, 1.807) is 11.1 Å². The Morgan fingerprint density at radius 2 is 2.44 bits per heavy atom. The number of aromatic nitrogens is 1. The molecule has 0 bridgehead atoms. The molecule has 1 aromatic heterocycles. The van der Waals surface area contributed by atoms with Crippen LogP contribution in [0.3, 0.4) is 0 Å². The van der Waals surface area contributed by atoms with Crippen molar-refractivity contribution in [3.63, 3.8) is 0 Å². The molecule has 0 radical (unpaired) electrons. The monoisotopic (exact) mass is 300 g/mol. The van der Waals surface area contributed by atoms with Gasteiger partial charge in [-0.2, -0.15) is 12.6 Å². The summed E-state index contributed by atoms with van der Waals surface area (Å²) >= 11 is 7.64. The standard InChI is InChI=1S/C11H13BrN2OS/c1-7-2-9(11(12)13-4-7)14-5-8(6-16)3-10(14)15/h2,4,8,16H,3,5-6H2,1H3. The number of carbonyl (C=O) groups is 1. The summed E-state index contributed by atoms with van der Waals surface area (Å²) in [5.41, 5.74) is 1.93. The van der Waals surface area contributed by atoms with Crippen LogP contribution in [0.15, 0.2) is 16.9 Å². The molecule has 2 rings (SSSR count). The highest BCUT2D eigenvalue weighted by Crippen LogP contribution is 2.30. The zero-order valence-electron chi connectivity index (χ0n) is 8.98. The predicted octanol–water partition coefficient (Wildman–Crippen LogP) is 2.44. The Morgan fingerprint density at radius 1 is 1.69 bits per heavy atom. The quantitative estimate of drug-likeness (QED) is 0.672. The number of pyridine rings is 1. The third-order valence-corrected chi connectivity index (χ3v) is 3.84. The zero-order chi connectivity index (χ0) is 11.7. The van der Waals surface area contributed by atoms with Gasteiger partial charge in [-0.25, -0.2) is 4.98 Å². The fraction of sp³-hybridized carbons (Fsp3) is 0.455. The lowest BCUT2D eigenvalue weighted by Gasteiger charge is -2.18. The van der Waals surface area contributed by atoms with Crippen LogP contribution in [0, 0.1) is 12.8 Å². The van der Waals surface area contributed by atoms with Crippen LogP contribution in [-0.2, 0) is 4.79 Å². The van der Waals surface area contributed by atoms with E-state index in [0.29, 0.717) is 12.3 Å². The molecule has 1 unspecified atom stereocenters. The molecule has 1 fully saturated rings. The molecule has 0 aliphatic carbocycles. The van der Waals surface area contributed by atoms with Crippen molar-refractivity contribution < 1.29 is 4.79 Å². The van der Waals surface area contributed by atoms with Gasteiger partial charge in [-0.3, -0.25) is 4.79 Å². The summed E-state index contributed by atoms with van der Waals surface area (Å²) in [5, 5.41) is 0. The summed E-state index contributed by atoms with van der Waals surface area (Å²) in [7, 11) is 0. The van der Waals surface area contributed by atoms with Crippen molar-refractivity contribution in [2.24, 2.45) is 5.92 Å². The second kappa shape index (κ2) is 4.75. The molecule has 1 aliphatic heterocycles. The molecule has 1 saturated heterocycles. The third kappa shape index (κ3) is 2.25. The van der Waals surface area contributed by atoms with Crippen molar-refractivity contribution in [3.8, 4) is 0 Å². The minimum absolute atomic E-state index is 0.159. The maximum Gasteiger partial charge on any atom is 0.227 e. The van der Waals surface area contributed by atoms with Crippen molar-refractivity contribution >= 4 is 40.2 Å². The molecule has 0 saturated carbocycles. The molecule has 3 nitrogen and oxygen atoms in total. The van der Waals surface area contributed by atoms with E-state index in [2.05, 4.69) is 33.5 Å². The fourth-order valence-electron chi connectivity index (χ4n) is 1.86. The van der Waals surface area contributed by atoms with Crippen LogP contribution in [0.5, 0.6) is 0 Å². The first-order valence-corrected chi connectivity index (χ1v) is 6.57. The average molecular weight is 301 g/mol. The van der Waals surface area contributed by atoms with E-state index < -0.39 is 0 Å². The number of hydrogen-bond acceptors (Lipinski definition) is 3. The number of aryl methyl sites for hydroxylation is 1. The highest BCUT2D eigenvalue weighted by molar-refractivity contribution is 9.10. The van der Waals surface area contributed by atoms with Crippen molar-refractivity contribution in [2.75, 3.05) is 17.2 Å². The normalized spacial score (nSPS) is 20.6. The molecule has 16 heavy (non-hydrogen) atoms. The van der Waals surface area contributed by atoms with Crippen LogP contribution in [0.1, 0.15) is 12.0 Å². The van der Waals surface area contributed by atoms with E-state index in [4.69, 9.17) is 0 Å². The first-order chi connectivity index (χ1) is 7.61. The number of amides is 1. The Morgan fingerprint density at radius 3 is 3.06 bits per heavy atom. The molecule has 2 heterocycles. The van der Waals surface area contributed by atoms with Gasteiger partial charge in [0.15, 0.2) is 0 Å². The van der Waals surface area contributed by atoms with Gasteiger partial charge in [-0.05, 0) is 46.2 Å². The van der Waals surface area contributed by atoms with Gasteiger partial charge in [0.1, 0.15) is 4.60 Å². The van der Waals surface area contributed by atoms with E-state index in [9.17, 15) is 4.79 Å². The highest BCUT2D eigenvalue weighted by atomic mass is 79.9. The number of anilines is 1. The maximum absolute atomic E-state index is 11.9. The van der Waals surface area contributed by atoms with E-state index in [1.165, 1.54) is 0 Å². The number of carbonyl (C=O) groups excluding carboxylic acids is 1. The largest absolute Gasteiger partial charge is 0.310 e. The molecule has 86 valence electrons. The predicted molar refractivity (Wildman–Crippen MR) is 71.0 cm³/mol. The molecule has 1 aromatic rings. The fourth-order valence-corrected chi connectivity index (χ4v) is 2.54. The van der Waals surface area contributed by atoms with Gasteiger partial charge in [0, 0.05) is 19.2 Å². The van der Waals surface area contributed by atoms with E-state index in [0.717, 1.165) is 28.2 Å². The van der Waals surface area contributed by atoms with Crippen LogP contribution in [0.4, 0.5) is 5.69 Å². The topological polar surface area (TPSA) is 33.2 Å². The van der Waals surface area contributed by atoms with Gasteiger partial charge in [0.25, 0.3) is 0 Å².